The van der Waals surface area contributed by atoms with Gasteiger partial charge in [-0.05, 0) is 43.7 Å². The topological polar surface area (TPSA) is 107 Å². The van der Waals surface area contributed by atoms with E-state index in [2.05, 4.69) is 15.1 Å². The van der Waals surface area contributed by atoms with E-state index in [1.807, 2.05) is 16.7 Å². The molecule has 1 aliphatic carbocycles. The van der Waals surface area contributed by atoms with Crippen molar-refractivity contribution in [3.05, 3.63) is 30.0 Å². The van der Waals surface area contributed by atoms with Gasteiger partial charge in [0.2, 0.25) is 11.8 Å². The fourth-order valence-electron chi connectivity index (χ4n) is 4.71. The molecule has 2 aromatic heterocycles. The number of nitrogens with zero attached hydrogens (tertiary/aromatic N) is 4. The third kappa shape index (κ3) is 4.88. The zero-order chi connectivity index (χ0) is 20.9. The molecule has 1 saturated heterocycles. The molecular formula is C21H29N5O3S. The fourth-order valence-corrected chi connectivity index (χ4v) is 5.55. The molecule has 1 aliphatic heterocycles. The highest BCUT2D eigenvalue weighted by Crippen LogP contribution is 2.35. The molecule has 3 heterocycles. The molecule has 0 aromatic carbocycles. The lowest BCUT2D eigenvalue weighted by molar-refractivity contribution is -0.134. The molecule has 2 amide bonds. The Kier molecular flexibility index (Phi) is 6.76. The molecule has 0 radical (unpaired) electrons. The maximum atomic E-state index is 13.0. The molecule has 2 aliphatic rings. The van der Waals surface area contributed by atoms with Gasteiger partial charge < -0.3 is 15.1 Å². The van der Waals surface area contributed by atoms with Gasteiger partial charge in [-0.2, -0.15) is 0 Å². The third-order valence-corrected chi connectivity index (χ3v) is 7.12. The number of thioether (sulfide) groups is 1. The molecule has 1 saturated carbocycles. The van der Waals surface area contributed by atoms with Crippen molar-refractivity contribution in [2.75, 3.05) is 12.3 Å². The summed E-state index contributed by atoms with van der Waals surface area (Å²) >= 11 is 1.41. The van der Waals surface area contributed by atoms with E-state index in [1.54, 1.807) is 6.26 Å². The van der Waals surface area contributed by atoms with Crippen LogP contribution in [0.15, 0.2) is 28.0 Å². The van der Waals surface area contributed by atoms with Crippen LogP contribution in [-0.2, 0) is 22.6 Å². The quantitative estimate of drug-likeness (QED) is 0.644. The molecule has 2 aromatic rings. The third-order valence-electron chi connectivity index (χ3n) is 6.17. The molecule has 30 heavy (non-hydrogen) atoms. The van der Waals surface area contributed by atoms with E-state index in [1.165, 1.54) is 37.4 Å². The first kappa shape index (κ1) is 21.0. The van der Waals surface area contributed by atoms with Crippen molar-refractivity contribution >= 4 is 23.6 Å². The summed E-state index contributed by atoms with van der Waals surface area (Å²) in [6.45, 7) is 1.32. The largest absolute Gasteiger partial charge is 0.467 e. The number of aryl methyl sites for hydroxylation is 1. The number of amides is 2. The minimum Gasteiger partial charge on any atom is -0.467 e. The molecule has 2 N–H and O–H groups in total. The van der Waals surface area contributed by atoms with Crippen LogP contribution in [-0.4, -0.2) is 49.8 Å². The van der Waals surface area contributed by atoms with Crippen LogP contribution in [0.3, 0.4) is 0 Å². The van der Waals surface area contributed by atoms with Crippen LogP contribution in [0.25, 0.3) is 0 Å². The zero-order valence-corrected chi connectivity index (χ0v) is 18.0. The maximum Gasteiger partial charge on any atom is 0.233 e. The summed E-state index contributed by atoms with van der Waals surface area (Å²) in [5.74, 6) is 2.26. The summed E-state index contributed by atoms with van der Waals surface area (Å²) in [6.07, 6.45) is 9.49. The predicted octanol–water partition coefficient (Wildman–Crippen LogP) is 2.61. The summed E-state index contributed by atoms with van der Waals surface area (Å²) in [6, 6.07) is 4.12. The predicted molar refractivity (Wildman–Crippen MR) is 113 cm³/mol. The lowest BCUT2D eigenvalue weighted by atomic mass is 9.78. The highest BCUT2D eigenvalue weighted by atomic mass is 32.2. The van der Waals surface area contributed by atoms with Crippen LogP contribution in [0.5, 0.6) is 0 Å². The summed E-state index contributed by atoms with van der Waals surface area (Å²) in [7, 11) is 0. The average Bonchev–Trinajstić information content (AvgIpc) is 3.40. The van der Waals surface area contributed by atoms with Crippen molar-refractivity contribution in [1.29, 1.82) is 0 Å². The number of hydrogen-bond donors (Lipinski definition) is 1. The number of nitrogens with two attached hydrogens (primary N) is 1. The number of rotatable bonds is 8. The second kappa shape index (κ2) is 9.68. The van der Waals surface area contributed by atoms with E-state index in [0.29, 0.717) is 41.7 Å². The Balaban J connectivity index is 1.44. The smallest absolute Gasteiger partial charge is 0.233 e. The Morgan fingerprint density at radius 3 is 2.83 bits per heavy atom. The Bertz CT molecular complexity index is 864. The average molecular weight is 432 g/mol. The first-order chi connectivity index (χ1) is 14.6. The normalized spacial score (nSPS) is 21.4. The summed E-state index contributed by atoms with van der Waals surface area (Å²) < 4.78 is 7.39. The minimum atomic E-state index is -0.376. The maximum absolute atomic E-state index is 13.0. The first-order valence-electron chi connectivity index (χ1n) is 10.8. The Morgan fingerprint density at radius 1 is 1.20 bits per heavy atom. The molecule has 2 fully saturated rings. The van der Waals surface area contributed by atoms with Crippen LogP contribution in [0.2, 0.25) is 0 Å². The van der Waals surface area contributed by atoms with Crippen LogP contribution in [0, 0.1) is 5.92 Å². The molecule has 0 bridgehead atoms. The van der Waals surface area contributed by atoms with E-state index in [4.69, 9.17) is 10.2 Å². The van der Waals surface area contributed by atoms with E-state index in [0.717, 1.165) is 25.1 Å². The fraction of sp³-hybridized carbons (Fsp3) is 0.619. The highest BCUT2D eigenvalue weighted by Gasteiger charge is 2.35. The van der Waals surface area contributed by atoms with Crippen molar-refractivity contribution in [3.63, 3.8) is 0 Å². The van der Waals surface area contributed by atoms with E-state index < -0.39 is 0 Å². The molecule has 162 valence electrons. The lowest BCUT2D eigenvalue weighted by Crippen LogP contribution is -2.50. The number of aromatic nitrogens is 3. The van der Waals surface area contributed by atoms with Crippen molar-refractivity contribution < 1.29 is 14.0 Å². The number of piperidine rings is 1. The molecule has 0 spiro atoms. The summed E-state index contributed by atoms with van der Waals surface area (Å²) in [4.78, 5) is 26.4. The minimum absolute atomic E-state index is 0.183. The monoisotopic (exact) mass is 431 g/mol. The van der Waals surface area contributed by atoms with E-state index in [9.17, 15) is 9.59 Å². The number of fused-ring (bicyclic) bond motifs is 1. The molecule has 4 rings (SSSR count). The molecular weight excluding hydrogens is 402 g/mol. The molecule has 2 atom stereocenters. The van der Waals surface area contributed by atoms with E-state index >= 15 is 0 Å². The number of carbonyl (C=O) groups is 2. The van der Waals surface area contributed by atoms with Crippen molar-refractivity contribution in [2.45, 2.75) is 69.1 Å². The second-order valence-electron chi connectivity index (χ2n) is 8.16. The van der Waals surface area contributed by atoms with Crippen molar-refractivity contribution in [1.82, 2.24) is 19.7 Å². The van der Waals surface area contributed by atoms with Crippen LogP contribution in [0.4, 0.5) is 0 Å². The van der Waals surface area contributed by atoms with Crippen molar-refractivity contribution in [2.24, 2.45) is 11.7 Å². The zero-order valence-electron chi connectivity index (χ0n) is 17.2. The highest BCUT2D eigenvalue weighted by molar-refractivity contribution is 7.99. The van der Waals surface area contributed by atoms with Gasteiger partial charge in [0.15, 0.2) is 5.16 Å². The molecule has 9 heteroatoms. The number of carbonyl (C=O) groups excluding carboxylic acids is 2. The number of primary amides is 1. The van der Waals surface area contributed by atoms with Gasteiger partial charge in [0.1, 0.15) is 11.6 Å². The Labute approximate surface area is 180 Å². The number of likely N-dealkylation sites (tertiary alicyclic amines) is 1. The molecule has 2 unspecified atom stereocenters. The number of furan rings is 1. The van der Waals surface area contributed by atoms with Gasteiger partial charge in [-0.3, -0.25) is 14.2 Å². The van der Waals surface area contributed by atoms with Gasteiger partial charge in [0, 0.05) is 25.4 Å². The van der Waals surface area contributed by atoms with Crippen LogP contribution < -0.4 is 5.73 Å². The van der Waals surface area contributed by atoms with Gasteiger partial charge in [0.25, 0.3) is 0 Å². The van der Waals surface area contributed by atoms with Gasteiger partial charge in [-0.15, -0.1) is 10.2 Å². The van der Waals surface area contributed by atoms with Crippen LogP contribution >= 0.6 is 11.8 Å². The van der Waals surface area contributed by atoms with Crippen molar-refractivity contribution in [3.8, 4) is 0 Å². The number of hydrogen-bond acceptors (Lipinski definition) is 6. The lowest BCUT2D eigenvalue weighted by Gasteiger charge is -2.44. The summed E-state index contributed by atoms with van der Waals surface area (Å²) in [5, 5.41) is 9.19. The second-order valence-corrected chi connectivity index (χ2v) is 9.10. The van der Waals surface area contributed by atoms with E-state index in [-0.39, 0.29) is 18.2 Å². The van der Waals surface area contributed by atoms with Gasteiger partial charge >= 0.3 is 0 Å². The van der Waals surface area contributed by atoms with Crippen LogP contribution in [0.1, 0.15) is 56.5 Å². The van der Waals surface area contributed by atoms with Gasteiger partial charge in [0.05, 0.1) is 18.6 Å². The summed E-state index contributed by atoms with van der Waals surface area (Å²) in [5.41, 5.74) is 5.30. The standard InChI is InChI=1S/C21H29N5O3S/c22-18(27)9-10-19-23-24-21(26(19)13-16-7-4-12-29-16)30-14-20(28)25-11-3-6-15-5-1-2-8-17(15)25/h4,7,12,15,17H,1-3,5-6,8-11,13-14H2,(H2,22,27). The van der Waals surface area contributed by atoms with Gasteiger partial charge in [-0.25, -0.2) is 0 Å². The Morgan fingerprint density at radius 2 is 2.03 bits per heavy atom. The first-order valence-corrected chi connectivity index (χ1v) is 11.8. The van der Waals surface area contributed by atoms with Gasteiger partial charge in [-0.1, -0.05) is 24.6 Å². The SMILES string of the molecule is NC(=O)CCc1nnc(SCC(=O)N2CCCC3CCCCC32)n1Cc1ccco1. The Hall–Kier alpha value is -2.29. The molecule has 8 nitrogen and oxygen atoms in total.